The van der Waals surface area contributed by atoms with Crippen LogP contribution in [0.4, 0.5) is 29.6 Å². The van der Waals surface area contributed by atoms with Gasteiger partial charge in [-0.3, -0.25) is 15.0 Å². The van der Waals surface area contributed by atoms with E-state index in [1.807, 2.05) is 0 Å². The molecule has 1 aromatic heterocycles. The first kappa shape index (κ1) is 19.7. The summed E-state index contributed by atoms with van der Waals surface area (Å²) in [7, 11) is 1.46. The Morgan fingerprint density at radius 1 is 1.39 bits per heavy atom. The van der Waals surface area contributed by atoms with Gasteiger partial charge in [-0.15, -0.1) is 13.2 Å². The molecule has 1 aliphatic rings. The van der Waals surface area contributed by atoms with E-state index in [1.54, 1.807) is 0 Å². The Morgan fingerprint density at radius 3 is 2.75 bits per heavy atom. The topological polar surface area (TPSA) is 111 Å². The second-order valence-electron chi connectivity index (χ2n) is 5.52. The standard InChI is InChI=1S/C14H12ClF3N6O4/c1-23-12(20-21-22-23)19-11(25)7-3-4-8(28-14(16,17)18)10(9(7)15)24-5-2-6-27-13(24)26/h3-4H,2,5-6H2,1H3,(H,19,20,22,25). The molecule has 0 atom stereocenters. The van der Waals surface area contributed by atoms with Gasteiger partial charge in [0.1, 0.15) is 5.69 Å². The number of hydrogen-bond donors (Lipinski definition) is 1. The number of benzene rings is 1. The number of anilines is 2. The van der Waals surface area contributed by atoms with E-state index < -0.39 is 34.8 Å². The van der Waals surface area contributed by atoms with Crippen molar-refractivity contribution in [2.45, 2.75) is 12.8 Å². The largest absolute Gasteiger partial charge is 0.573 e. The van der Waals surface area contributed by atoms with E-state index in [0.29, 0.717) is 6.42 Å². The maximum absolute atomic E-state index is 12.8. The molecule has 0 saturated carbocycles. The lowest BCUT2D eigenvalue weighted by Gasteiger charge is -2.29. The van der Waals surface area contributed by atoms with Crippen LogP contribution in [0.1, 0.15) is 16.8 Å². The summed E-state index contributed by atoms with van der Waals surface area (Å²) in [6, 6.07) is 1.92. The number of tetrazole rings is 1. The van der Waals surface area contributed by atoms with Crippen LogP contribution in [-0.4, -0.2) is 51.7 Å². The number of alkyl halides is 3. The van der Waals surface area contributed by atoms with Crippen molar-refractivity contribution in [2.24, 2.45) is 7.05 Å². The number of ether oxygens (including phenoxy) is 2. The zero-order valence-electron chi connectivity index (χ0n) is 14.2. The van der Waals surface area contributed by atoms with Gasteiger partial charge in [-0.25, -0.2) is 9.48 Å². The van der Waals surface area contributed by atoms with Crippen molar-refractivity contribution in [2.75, 3.05) is 23.4 Å². The molecule has 28 heavy (non-hydrogen) atoms. The minimum atomic E-state index is -5.04. The summed E-state index contributed by atoms with van der Waals surface area (Å²) in [6.45, 7) is 0.146. The van der Waals surface area contributed by atoms with Gasteiger partial charge in [-0.2, -0.15) is 0 Å². The van der Waals surface area contributed by atoms with Gasteiger partial charge in [0, 0.05) is 13.6 Å². The average molecular weight is 421 g/mol. The predicted molar refractivity (Wildman–Crippen MR) is 88.2 cm³/mol. The Balaban J connectivity index is 2.03. The van der Waals surface area contributed by atoms with Crippen LogP contribution in [-0.2, 0) is 11.8 Å². The number of halogens is 4. The van der Waals surface area contributed by atoms with Gasteiger partial charge in [0.15, 0.2) is 5.75 Å². The maximum atomic E-state index is 12.8. The van der Waals surface area contributed by atoms with E-state index in [4.69, 9.17) is 16.3 Å². The summed E-state index contributed by atoms with van der Waals surface area (Å²) in [5.41, 5.74) is -0.639. The molecule has 2 heterocycles. The van der Waals surface area contributed by atoms with Crippen molar-refractivity contribution in [3.05, 3.63) is 22.7 Å². The fraction of sp³-hybridized carbons (Fsp3) is 0.357. The van der Waals surface area contributed by atoms with E-state index in [9.17, 15) is 22.8 Å². The lowest BCUT2D eigenvalue weighted by atomic mass is 10.1. The SMILES string of the molecule is Cn1nnnc1NC(=O)c1ccc(OC(F)(F)F)c(N2CCCOC2=O)c1Cl. The number of hydrogen-bond acceptors (Lipinski definition) is 7. The zero-order chi connectivity index (χ0) is 20.5. The second-order valence-corrected chi connectivity index (χ2v) is 5.90. The minimum absolute atomic E-state index is 0.0179. The molecule has 14 heteroatoms. The van der Waals surface area contributed by atoms with Crippen LogP contribution in [0, 0.1) is 0 Å². The number of cyclic esters (lactones) is 1. The highest BCUT2D eigenvalue weighted by molar-refractivity contribution is 6.37. The Morgan fingerprint density at radius 2 is 2.14 bits per heavy atom. The van der Waals surface area contributed by atoms with Crippen molar-refractivity contribution in [1.82, 2.24) is 20.2 Å². The molecule has 0 spiro atoms. The Labute approximate surface area is 160 Å². The molecule has 1 aliphatic heterocycles. The molecule has 3 rings (SSSR count). The Kier molecular flexibility index (Phi) is 5.27. The van der Waals surface area contributed by atoms with Crippen LogP contribution < -0.4 is 15.0 Å². The van der Waals surface area contributed by atoms with Crippen LogP contribution in [0.15, 0.2) is 12.1 Å². The summed E-state index contributed by atoms with van der Waals surface area (Å²) in [5, 5.41) is 12.4. The highest BCUT2D eigenvalue weighted by atomic mass is 35.5. The smallest absolute Gasteiger partial charge is 0.449 e. The number of aryl methyl sites for hydroxylation is 1. The highest BCUT2D eigenvalue weighted by Gasteiger charge is 2.36. The number of aromatic nitrogens is 4. The van der Waals surface area contributed by atoms with Gasteiger partial charge in [0.25, 0.3) is 5.91 Å². The Bertz CT molecular complexity index is 919. The van der Waals surface area contributed by atoms with Gasteiger partial charge in [-0.1, -0.05) is 16.7 Å². The van der Waals surface area contributed by atoms with E-state index in [2.05, 4.69) is 25.6 Å². The van der Waals surface area contributed by atoms with Crippen molar-refractivity contribution in [3.63, 3.8) is 0 Å². The van der Waals surface area contributed by atoms with Gasteiger partial charge >= 0.3 is 12.5 Å². The average Bonchev–Trinajstić information content (AvgIpc) is 3.00. The van der Waals surface area contributed by atoms with Crippen LogP contribution in [0.3, 0.4) is 0 Å². The minimum Gasteiger partial charge on any atom is -0.449 e. The fourth-order valence-corrected chi connectivity index (χ4v) is 2.78. The van der Waals surface area contributed by atoms with Crippen molar-refractivity contribution >= 4 is 35.2 Å². The number of nitrogens with one attached hydrogen (secondary N) is 1. The van der Waals surface area contributed by atoms with Crippen LogP contribution in [0.5, 0.6) is 5.75 Å². The van der Waals surface area contributed by atoms with Crippen molar-refractivity contribution < 1.29 is 32.2 Å². The molecule has 0 bridgehead atoms. The van der Waals surface area contributed by atoms with Gasteiger partial charge < -0.3 is 9.47 Å². The van der Waals surface area contributed by atoms with E-state index in [0.717, 1.165) is 21.7 Å². The molecule has 1 fully saturated rings. The van der Waals surface area contributed by atoms with E-state index >= 15 is 0 Å². The van der Waals surface area contributed by atoms with Crippen molar-refractivity contribution in [3.8, 4) is 5.75 Å². The summed E-state index contributed by atoms with van der Waals surface area (Å²) in [4.78, 5) is 25.4. The highest BCUT2D eigenvalue weighted by Crippen LogP contribution is 2.41. The Hall–Kier alpha value is -3.09. The van der Waals surface area contributed by atoms with Gasteiger partial charge in [-0.05, 0) is 29.0 Å². The van der Waals surface area contributed by atoms with E-state index in [-0.39, 0.29) is 24.7 Å². The first-order chi connectivity index (χ1) is 13.2. The van der Waals surface area contributed by atoms with Crippen LogP contribution in [0.25, 0.3) is 0 Å². The summed E-state index contributed by atoms with van der Waals surface area (Å²) < 4.78 is 48.3. The molecular weight excluding hydrogens is 409 g/mol. The third-order valence-corrected chi connectivity index (χ3v) is 4.02. The summed E-state index contributed by atoms with van der Waals surface area (Å²) >= 11 is 6.20. The molecule has 0 radical (unpaired) electrons. The maximum Gasteiger partial charge on any atom is 0.573 e. The van der Waals surface area contributed by atoms with E-state index in [1.165, 1.54) is 7.05 Å². The molecule has 0 aliphatic carbocycles. The molecule has 0 unspecified atom stereocenters. The lowest BCUT2D eigenvalue weighted by Crippen LogP contribution is -2.38. The number of carbonyl (C=O) groups excluding carboxylic acids is 2. The zero-order valence-corrected chi connectivity index (χ0v) is 14.9. The number of rotatable bonds is 4. The third-order valence-electron chi connectivity index (χ3n) is 3.64. The molecule has 2 aromatic rings. The monoisotopic (exact) mass is 420 g/mol. The van der Waals surface area contributed by atoms with Crippen LogP contribution >= 0.6 is 11.6 Å². The first-order valence-corrected chi connectivity index (χ1v) is 8.11. The third kappa shape index (κ3) is 4.08. The number of amides is 2. The summed E-state index contributed by atoms with van der Waals surface area (Å²) in [5.74, 6) is -1.56. The molecule has 1 saturated heterocycles. The second kappa shape index (κ2) is 7.50. The number of carbonyl (C=O) groups is 2. The first-order valence-electron chi connectivity index (χ1n) is 7.73. The van der Waals surface area contributed by atoms with Gasteiger partial charge in [0.05, 0.1) is 17.2 Å². The fourth-order valence-electron chi connectivity index (χ4n) is 2.44. The molecule has 2 amide bonds. The van der Waals surface area contributed by atoms with Gasteiger partial charge in [0.2, 0.25) is 5.95 Å². The number of nitrogens with zero attached hydrogens (tertiary/aromatic N) is 5. The molecule has 1 aromatic carbocycles. The molecule has 10 nitrogen and oxygen atoms in total. The quantitative estimate of drug-likeness (QED) is 0.808. The normalized spacial score (nSPS) is 14.6. The molecular formula is C14H12ClF3N6O4. The van der Waals surface area contributed by atoms with Crippen LogP contribution in [0.2, 0.25) is 5.02 Å². The lowest BCUT2D eigenvalue weighted by molar-refractivity contribution is -0.274. The summed E-state index contributed by atoms with van der Waals surface area (Å²) in [6.07, 6.45) is -5.59. The molecule has 150 valence electrons. The van der Waals surface area contributed by atoms with Crippen molar-refractivity contribution in [1.29, 1.82) is 0 Å². The molecule has 1 N–H and O–H groups in total. The predicted octanol–water partition coefficient (Wildman–Crippen LogP) is 2.36.